The quantitative estimate of drug-likeness (QED) is 0.106. The molecule has 10 unspecified atom stereocenters. The fourth-order valence-electron chi connectivity index (χ4n) is 9.00. The Labute approximate surface area is 311 Å². The van der Waals surface area contributed by atoms with E-state index in [-0.39, 0.29) is 37.1 Å². The Bertz CT molecular complexity index is 1230. The Morgan fingerprint density at radius 1 is 1.02 bits per heavy atom. The number of aliphatic hydroxyl groups is 4. The third kappa shape index (κ3) is 9.86. The number of cyclic esters (lactones) is 1. The van der Waals surface area contributed by atoms with Gasteiger partial charge in [0.1, 0.15) is 17.8 Å². The number of carbonyl (C=O) groups excluding carboxylic acids is 1. The van der Waals surface area contributed by atoms with Crippen LogP contribution in [0, 0.1) is 41.9 Å². The standard InChI is InChI=1S/C39H68N2O11/c1-13-15-16-41(11)27-18-22(4)49-31(19-27)52-34-23(5)32(29-20-38(9,48-12)36(44)26(8)50-29)24(6)37(45)51-30(14-2)39(10,46)35(43)25(7)33(40-47)21(3)17-28(34)42/h1,21-32,34-36,42-44,46-47H,14-20H2,2-12H3/b40-33+/t21-,22?,23+,24?,25?,26?,27?,28?,29?,30?,31?,32+,34-,35?,36+,38-,39-/m1/s1. The van der Waals surface area contributed by atoms with Crippen molar-refractivity contribution >= 4 is 11.7 Å². The Hall–Kier alpha value is -1.86. The third-order valence-electron chi connectivity index (χ3n) is 12.4. The van der Waals surface area contributed by atoms with E-state index in [0.29, 0.717) is 19.4 Å². The van der Waals surface area contributed by atoms with Crippen molar-refractivity contribution in [3.63, 3.8) is 0 Å². The zero-order valence-corrected chi connectivity index (χ0v) is 33.3. The number of terminal acetylenes is 1. The molecule has 0 aromatic heterocycles. The Kier molecular flexibility index (Phi) is 16.0. The molecule has 3 fully saturated rings. The molecule has 0 amide bonds. The molecule has 0 saturated carbocycles. The smallest absolute Gasteiger partial charge is 0.309 e. The van der Waals surface area contributed by atoms with Crippen LogP contribution in [0.2, 0.25) is 0 Å². The van der Waals surface area contributed by atoms with Crippen molar-refractivity contribution in [1.82, 2.24) is 4.90 Å². The summed E-state index contributed by atoms with van der Waals surface area (Å²) in [5.74, 6) is -1.43. The minimum Gasteiger partial charge on any atom is -0.459 e. The highest BCUT2D eigenvalue weighted by Gasteiger charge is 2.53. The van der Waals surface area contributed by atoms with E-state index in [9.17, 15) is 30.4 Å². The molecular formula is C39H68N2O11. The SMILES string of the molecule is C#CCCN(C)C1CC(C)OC(O[C@H]2C(O)C[C@@H](C)/C(=N\O)C(C)C(O)[C@](C)(O)C(CC)OC(=O)C(C)[C@@H](C3C[C@@](C)(OC)[C@@H](O)C(C)O3)[C@@H]2C)C1. The first kappa shape index (κ1) is 44.5. The van der Waals surface area contributed by atoms with Crippen LogP contribution in [0.1, 0.15) is 101 Å². The molecule has 0 bridgehead atoms. The van der Waals surface area contributed by atoms with Gasteiger partial charge < -0.3 is 54.2 Å². The summed E-state index contributed by atoms with van der Waals surface area (Å²) in [4.78, 5) is 16.4. The normalized spacial score (nSPS) is 46.7. The Balaban J connectivity index is 2.17. The van der Waals surface area contributed by atoms with E-state index in [1.807, 2.05) is 27.8 Å². The van der Waals surface area contributed by atoms with Gasteiger partial charge in [0.25, 0.3) is 0 Å². The zero-order chi connectivity index (χ0) is 39.3. The highest BCUT2D eigenvalue weighted by atomic mass is 16.7. The lowest BCUT2D eigenvalue weighted by atomic mass is 9.70. The molecule has 3 aliphatic rings. The number of hydrogen-bond acceptors (Lipinski definition) is 13. The number of methoxy groups -OCH3 is 1. The predicted octanol–water partition coefficient (Wildman–Crippen LogP) is 3.35. The first-order chi connectivity index (χ1) is 24.3. The summed E-state index contributed by atoms with van der Waals surface area (Å²) >= 11 is 0. The molecule has 5 N–H and O–H groups in total. The van der Waals surface area contributed by atoms with E-state index in [0.717, 1.165) is 6.42 Å². The summed E-state index contributed by atoms with van der Waals surface area (Å²) in [5, 5.41) is 60.2. The lowest BCUT2D eigenvalue weighted by Gasteiger charge is -2.50. The number of oxime groups is 1. The Morgan fingerprint density at radius 2 is 1.67 bits per heavy atom. The lowest BCUT2D eigenvalue weighted by molar-refractivity contribution is -0.263. The van der Waals surface area contributed by atoms with Gasteiger partial charge in [0.05, 0.1) is 53.9 Å². The van der Waals surface area contributed by atoms with Crippen molar-refractivity contribution in [2.75, 3.05) is 20.7 Å². The molecule has 300 valence electrons. The second-order valence-corrected chi connectivity index (χ2v) is 16.3. The van der Waals surface area contributed by atoms with Crippen LogP contribution in [-0.2, 0) is 28.5 Å². The van der Waals surface area contributed by atoms with Gasteiger partial charge in [-0.1, -0.05) is 39.8 Å². The summed E-state index contributed by atoms with van der Waals surface area (Å²) in [5.41, 5.74) is -2.75. The van der Waals surface area contributed by atoms with Crippen molar-refractivity contribution in [2.24, 2.45) is 34.7 Å². The predicted molar refractivity (Wildman–Crippen MR) is 195 cm³/mol. The summed E-state index contributed by atoms with van der Waals surface area (Å²) in [6.07, 6.45) is 0.173. The first-order valence-corrected chi connectivity index (χ1v) is 19.1. The molecule has 3 rings (SSSR count). The van der Waals surface area contributed by atoms with Crippen LogP contribution < -0.4 is 0 Å². The maximum absolute atomic E-state index is 14.2. The van der Waals surface area contributed by atoms with Crippen LogP contribution in [0.4, 0.5) is 0 Å². The topological polar surface area (TPSA) is 180 Å². The lowest BCUT2D eigenvalue weighted by Crippen LogP contribution is -2.60. The number of carbonyl (C=O) groups is 1. The second kappa shape index (κ2) is 18.7. The van der Waals surface area contributed by atoms with Crippen LogP contribution in [0.15, 0.2) is 5.16 Å². The highest BCUT2D eigenvalue weighted by Crippen LogP contribution is 2.43. The van der Waals surface area contributed by atoms with Gasteiger partial charge >= 0.3 is 5.97 Å². The van der Waals surface area contributed by atoms with E-state index >= 15 is 0 Å². The highest BCUT2D eigenvalue weighted by molar-refractivity contribution is 5.88. The molecule has 13 nitrogen and oxygen atoms in total. The van der Waals surface area contributed by atoms with Gasteiger partial charge in [0.15, 0.2) is 6.29 Å². The zero-order valence-electron chi connectivity index (χ0n) is 33.3. The van der Waals surface area contributed by atoms with Crippen LogP contribution in [0.3, 0.4) is 0 Å². The van der Waals surface area contributed by atoms with Gasteiger partial charge in [0, 0.05) is 56.7 Å². The number of nitrogens with zero attached hydrogens (tertiary/aromatic N) is 2. The van der Waals surface area contributed by atoms with Crippen LogP contribution in [0.5, 0.6) is 0 Å². The average molecular weight is 741 g/mol. The van der Waals surface area contributed by atoms with Crippen LogP contribution in [-0.4, -0.2) is 135 Å². The third-order valence-corrected chi connectivity index (χ3v) is 12.4. The maximum atomic E-state index is 14.2. The van der Waals surface area contributed by atoms with Gasteiger partial charge in [0.2, 0.25) is 0 Å². The molecule has 0 radical (unpaired) electrons. The molecule has 13 heteroatoms. The monoisotopic (exact) mass is 740 g/mol. The molecule has 0 spiro atoms. The molecule has 52 heavy (non-hydrogen) atoms. The molecule has 0 aromatic carbocycles. The van der Waals surface area contributed by atoms with E-state index < -0.39 is 95.8 Å². The summed E-state index contributed by atoms with van der Waals surface area (Å²) < 4.78 is 31.5. The first-order valence-electron chi connectivity index (χ1n) is 19.1. The van der Waals surface area contributed by atoms with E-state index in [1.54, 1.807) is 34.6 Å². The number of hydrogen-bond donors (Lipinski definition) is 5. The van der Waals surface area contributed by atoms with Crippen LogP contribution in [0.25, 0.3) is 0 Å². The largest absolute Gasteiger partial charge is 0.459 e. The molecule has 3 heterocycles. The fraction of sp³-hybridized carbons (Fsp3) is 0.897. The number of esters is 1. The molecular weight excluding hydrogens is 672 g/mol. The van der Waals surface area contributed by atoms with E-state index in [1.165, 1.54) is 14.0 Å². The number of aliphatic hydroxyl groups excluding tert-OH is 3. The van der Waals surface area contributed by atoms with Crippen LogP contribution >= 0.6 is 0 Å². The average Bonchev–Trinajstić information content (AvgIpc) is 3.09. The minimum absolute atomic E-state index is 0.0700. The van der Waals surface area contributed by atoms with Crippen molar-refractivity contribution < 1.29 is 54.1 Å². The molecule has 3 aliphatic heterocycles. The van der Waals surface area contributed by atoms with Gasteiger partial charge in [-0.3, -0.25) is 4.79 Å². The molecule has 17 atom stereocenters. The second-order valence-electron chi connectivity index (χ2n) is 16.3. The van der Waals surface area contributed by atoms with Gasteiger partial charge in [-0.2, -0.15) is 0 Å². The molecule has 0 aliphatic carbocycles. The summed E-state index contributed by atoms with van der Waals surface area (Å²) in [6.45, 7) is 16.5. The van der Waals surface area contributed by atoms with E-state index in [2.05, 4.69) is 16.0 Å². The molecule has 3 saturated heterocycles. The van der Waals surface area contributed by atoms with Gasteiger partial charge in [-0.15, -0.1) is 12.3 Å². The summed E-state index contributed by atoms with van der Waals surface area (Å²) in [7, 11) is 3.55. The van der Waals surface area contributed by atoms with Crippen molar-refractivity contribution in [3.05, 3.63) is 0 Å². The van der Waals surface area contributed by atoms with Crippen molar-refractivity contribution in [2.45, 2.75) is 173 Å². The summed E-state index contributed by atoms with van der Waals surface area (Å²) in [6, 6.07) is 0.109. The van der Waals surface area contributed by atoms with Gasteiger partial charge in [-0.25, -0.2) is 0 Å². The maximum Gasteiger partial charge on any atom is 0.309 e. The molecule has 0 aromatic rings. The van der Waals surface area contributed by atoms with Crippen molar-refractivity contribution in [1.29, 1.82) is 0 Å². The van der Waals surface area contributed by atoms with Crippen molar-refractivity contribution in [3.8, 4) is 12.3 Å². The van der Waals surface area contributed by atoms with E-state index in [4.69, 9.17) is 30.1 Å². The van der Waals surface area contributed by atoms with Gasteiger partial charge in [-0.05, 0) is 59.9 Å². The number of rotatable bonds is 8. The fourth-order valence-corrected chi connectivity index (χ4v) is 9.00. The Morgan fingerprint density at radius 3 is 2.25 bits per heavy atom. The minimum atomic E-state index is -1.91. The number of ether oxygens (including phenoxy) is 5.